The lowest BCUT2D eigenvalue weighted by atomic mass is 9.77. The number of nitrogens with zero attached hydrogens (tertiary/aromatic N) is 1. The van der Waals surface area contributed by atoms with E-state index in [0.717, 1.165) is 51.7 Å². The van der Waals surface area contributed by atoms with E-state index in [0.29, 0.717) is 17.9 Å². The van der Waals surface area contributed by atoms with Crippen molar-refractivity contribution >= 4 is 27.9 Å². The van der Waals surface area contributed by atoms with Crippen LogP contribution >= 0.6 is 0 Å². The number of benzene rings is 2. The average molecular weight is 402 g/mol. The van der Waals surface area contributed by atoms with E-state index in [2.05, 4.69) is 16.4 Å². The molecule has 2 heterocycles. The van der Waals surface area contributed by atoms with Gasteiger partial charge in [-0.1, -0.05) is 6.07 Å². The fourth-order valence-corrected chi connectivity index (χ4v) is 4.61. The first-order valence-corrected chi connectivity index (χ1v) is 9.98. The quantitative estimate of drug-likeness (QED) is 0.665. The van der Waals surface area contributed by atoms with Gasteiger partial charge in [-0.15, -0.1) is 0 Å². The Balaban J connectivity index is 1.76. The highest BCUT2D eigenvalue weighted by Gasteiger charge is 2.35. The van der Waals surface area contributed by atoms with E-state index in [1.165, 1.54) is 14.2 Å². The van der Waals surface area contributed by atoms with Gasteiger partial charge >= 0.3 is 0 Å². The molecule has 0 spiro atoms. The molecule has 1 aliphatic carbocycles. The zero-order valence-corrected chi connectivity index (χ0v) is 16.9. The molecule has 152 valence electrons. The summed E-state index contributed by atoms with van der Waals surface area (Å²) >= 11 is 0. The van der Waals surface area contributed by atoms with Gasteiger partial charge in [-0.2, -0.15) is 0 Å². The third-order valence-electron chi connectivity index (χ3n) is 5.97. The zero-order valence-electron chi connectivity index (χ0n) is 16.9. The lowest BCUT2D eigenvalue weighted by Gasteiger charge is -2.35. The van der Waals surface area contributed by atoms with Gasteiger partial charge in [-0.25, -0.2) is 0 Å². The number of nitrogens with one attached hydrogen (secondary N) is 1. The predicted molar refractivity (Wildman–Crippen MR) is 115 cm³/mol. The number of pyridine rings is 1. The Labute approximate surface area is 174 Å². The van der Waals surface area contributed by atoms with Crippen molar-refractivity contribution in [3.63, 3.8) is 0 Å². The van der Waals surface area contributed by atoms with Gasteiger partial charge in [-0.05, 0) is 54.3 Å². The van der Waals surface area contributed by atoms with Crippen LogP contribution in [0.3, 0.4) is 0 Å². The molecule has 0 saturated heterocycles. The molecule has 2 aliphatic rings. The molecule has 0 radical (unpaired) electrons. The molecule has 1 atom stereocenters. The van der Waals surface area contributed by atoms with Crippen LogP contribution in [0.1, 0.15) is 36.4 Å². The van der Waals surface area contributed by atoms with Crippen molar-refractivity contribution in [1.82, 2.24) is 4.98 Å². The summed E-state index contributed by atoms with van der Waals surface area (Å²) in [5.41, 5.74) is 5.61. The summed E-state index contributed by atoms with van der Waals surface area (Å²) in [6.07, 6.45) is 3.99. The van der Waals surface area contributed by atoms with Crippen LogP contribution in [-0.4, -0.2) is 30.1 Å². The molecule has 6 heteroatoms. The number of aromatic nitrogens is 1. The Hall–Kier alpha value is -3.54. The molecular weight excluding hydrogens is 380 g/mol. The molecule has 0 bridgehead atoms. The maximum Gasteiger partial charge on any atom is 0.200 e. The number of fused-ring (bicyclic) bond motifs is 4. The predicted octanol–water partition coefficient (Wildman–Crippen LogP) is 4.63. The van der Waals surface area contributed by atoms with Crippen LogP contribution in [0.15, 0.2) is 48.2 Å². The van der Waals surface area contributed by atoms with Gasteiger partial charge in [0, 0.05) is 34.8 Å². The molecule has 0 amide bonds. The standard InChI is InChI=1S/C24H22N2O4/c1-29-19-11-13(12-20(30-2)24(19)28)23-22-15(5-3-7-18(22)27)21-14-6-4-10-25-16(14)8-9-17(21)26-23/h4,6,8-12,23,26,28H,3,5,7H2,1-2H3/t23-/m0/s1. The number of methoxy groups -OCH3 is 2. The maximum absolute atomic E-state index is 13.1. The second kappa shape index (κ2) is 7.06. The molecular formula is C24H22N2O4. The van der Waals surface area contributed by atoms with E-state index in [1.807, 2.05) is 18.2 Å². The van der Waals surface area contributed by atoms with Crippen molar-refractivity contribution in [2.45, 2.75) is 25.3 Å². The van der Waals surface area contributed by atoms with Crippen LogP contribution in [0, 0.1) is 0 Å². The summed E-state index contributed by atoms with van der Waals surface area (Å²) in [6, 6.07) is 11.2. The number of allylic oxidation sites excluding steroid dienone is 1. The Morgan fingerprint density at radius 1 is 1.10 bits per heavy atom. The van der Waals surface area contributed by atoms with Crippen molar-refractivity contribution in [3.05, 3.63) is 59.3 Å². The summed E-state index contributed by atoms with van der Waals surface area (Å²) < 4.78 is 10.7. The Bertz CT molecular complexity index is 1190. The van der Waals surface area contributed by atoms with Crippen LogP contribution in [-0.2, 0) is 4.79 Å². The lowest BCUT2D eigenvalue weighted by Crippen LogP contribution is -2.27. The minimum absolute atomic E-state index is 0.0544. The molecule has 0 fully saturated rings. The highest BCUT2D eigenvalue weighted by Crippen LogP contribution is 2.49. The molecule has 1 aliphatic heterocycles. The highest BCUT2D eigenvalue weighted by atomic mass is 16.5. The second-order valence-corrected chi connectivity index (χ2v) is 7.58. The summed E-state index contributed by atoms with van der Waals surface area (Å²) in [6.45, 7) is 0. The Kier molecular flexibility index (Phi) is 4.35. The molecule has 2 aromatic carbocycles. The van der Waals surface area contributed by atoms with Crippen LogP contribution in [0.5, 0.6) is 17.2 Å². The van der Waals surface area contributed by atoms with Gasteiger partial charge in [0.15, 0.2) is 17.3 Å². The second-order valence-electron chi connectivity index (χ2n) is 7.58. The smallest absolute Gasteiger partial charge is 0.200 e. The summed E-state index contributed by atoms with van der Waals surface area (Å²) in [5, 5.41) is 14.9. The van der Waals surface area contributed by atoms with Crippen LogP contribution < -0.4 is 14.8 Å². The number of hydrogen-bond acceptors (Lipinski definition) is 6. The van der Waals surface area contributed by atoms with E-state index in [4.69, 9.17) is 9.47 Å². The van der Waals surface area contributed by atoms with E-state index in [-0.39, 0.29) is 17.6 Å². The van der Waals surface area contributed by atoms with Gasteiger partial charge in [0.25, 0.3) is 0 Å². The van der Waals surface area contributed by atoms with Gasteiger partial charge in [-0.3, -0.25) is 9.78 Å². The molecule has 1 aromatic heterocycles. The number of phenolic OH excluding ortho intramolecular Hbond substituents is 1. The first kappa shape index (κ1) is 18.5. The lowest BCUT2D eigenvalue weighted by molar-refractivity contribution is -0.116. The molecule has 6 nitrogen and oxygen atoms in total. The van der Waals surface area contributed by atoms with E-state index >= 15 is 0 Å². The molecule has 5 rings (SSSR count). The maximum atomic E-state index is 13.1. The highest BCUT2D eigenvalue weighted by molar-refractivity contribution is 6.12. The number of aromatic hydroxyl groups is 1. The number of Topliss-reactive ketones (excluding diaryl/α,β-unsaturated/α-hetero) is 1. The molecule has 0 unspecified atom stereocenters. The van der Waals surface area contributed by atoms with Crippen molar-refractivity contribution in [2.24, 2.45) is 0 Å². The van der Waals surface area contributed by atoms with E-state index in [1.54, 1.807) is 18.3 Å². The number of hydrogen-bond donors (Lipinski definition) is 2. The van der Waals surface area contributed by atoms with Crippen molar-refractivity contribution in [1.29, 1.82) is 0 Å². The van der Waals surface area contributed by atoms with Gasteiger partial charge in [0.05, 0.1) is 25.8 Å². The number of phenols is 1. The van der Waals surface area contributed by atoms with Gasteiger partial charge in [0.1, 0.15) is 0 Å². The number of anilines is 1. The van der Waals surface area contributed by atoms with Gasteiger partial charge < -0.3 is 19.9 Å². The topological polar surface area (TPSA) is 80.7 Å². The fraction of sp³-hybridized carbons (Fsp3) is 0.250. The number of carbonyl (C=O) groups is 1. The minimum Gasteiger partial charge on any atom is -0.502 e. The monoisotopic (exact) mass is 402 g/mol. The van der Waals surface area contributed by atoms with Crippen molar-refractivity contribution < 1.29 is 19.4 Å². The molecule has 0 saturated carbocycles. The first-order valence-electron chi connectivity index (χ1n) is 9.98. The zero-order chi connectivity index (χ0) is 20.8. The van der Waals surface area contributed by atoms with Crippen LogP contribution in [0.25, 0.3) is 16.5 Å². The molecule has 3 aromatic rings. The van der Waals surface area contributed by atoms with Crippen molar-refractivity contribution in [3.8, 4) is 17.2 Å². The summed E-state index contributed by atoms with van der Waals surface area (Å²) in [5.74, 6) is 0.711. The fourth-order valence-electron chi connectivity index (χ4n) is 4.61. The summed E-state index contributed by atoms with van der Waals surface area (Å²) in [4.78, 5) is 17.6. The number of ketones is 1. The average Bonchev–Trinajstić information content (AvgIpc) is 2.78. The SMILES string of the molecule is COc1cc([C@@H]2Nc3ccc4ncccc4c3C3=C2C(=O)CCC3)cc(OC)c1O. The van der Waals surface area contributed by atoms with E-state index in [9.17, 15) is 9.90 Å². The Morgan fingerprint density at radius 3 is 2.60 bits per heavy atom. The first-order chi connectivity index (χ1) is 14.6. The number of ether oxygens (including phenoxy) is 2. The molecule has 2 N–H and O–H groups in total. The van der Waals surface area contributed by atoms with Crippen LogP contribution in [0.2, 0.25) is 0 Å². The van der Waals surface area contributed by atoms with Gasteiger partial charge in [0.2, 0.25) is 5.75 Å². The summed E-state index contributed by atoms with van der Waals surface area (Å²) in [7, 11) is 2.99. The third kappa shape index (κ3) is 2.71. The number of rotatable bonds is 3. The van der Waals surface area contributed by atoms with Crippen molar-refractivity contribution in [2.75, 3.05) is 19.5 Å². The van der Waals surface area contributed by atoms with E-state index < -0.39 is 0 Å². The third-order valence-corrected chi connectivity index (χ3v) is 5.97. The van der Waals surface area contributed by atoms with Crippen LogP contribution in [0.4, 0.5) is 5.69 Å². The largest absolute Gasteiger partial charge is 0.502 e. The Morgan fingerprint density at radius 2 is 1.87 bits per heavy atom. The number of carbonyl (C=O) groups excluding carboxylic acids is 1. The minimum atomic E-state index is -0.349. The normalized spacial score (nSPS) is 17.9. The molecule has 30 heavy (non-hydrogen) atoms.